The van der Waals surface area contributed by atoms with E-state index >= 15 is 0 Å². The summed E-state index contributed by atoms with van der Waals surface area (Å²) in [5.74, 6) is 0.826. The number of anilines is 2. The van der Waals surface area contributed by atoms with Crippen LogP contribution < -0.4 is 24.2 Å². The summed E-state index contributed by atoms with van der Waals surface area (Å²) >= 11 is 0. The van der Waals surface area contributed by atoms with Crippen molar-refractivity contribution in [3.63, 3.8) is 0 Å². The number of nitrogens with zero attached hydrogens (tertiary/aromatic N) is 3. The molecule has 278 valence electrons. The van der Waals surface area contributed by atoms with Crippen molar-refractivity contribution in [2.24, 2.45) is 5.92 Å². The van der Waals surface area contributed by atoms with Gasteiger partial charge in [0.25, 0.3) is 15.9 Å². The number of benzene rings is 2. The van der Waals surface area contributed by atoms with E-state index in [9.17, 15) is 23.1 Å². The number of aliphatic hydroxyl groups is 1. The van der Waals surface area contributed by atoms with Crippen molar-refractivity contribution in [1.29, 1.82) is 0 Å². The largest absolute Gasteiger partial charge is 0.490 e. The van der Waals surface area contributed by atoms with E-state index in [-0.39, 0.29) is 72.1 Å². The number of urea groups is 1. The average Bonchev–Trinajstić information content (AvgIpc) is 3.70. The van der Waals surface area contributed by atoms with E-state index in [0.717, 1.165) is 12.8 Å². The minimum atomic E-state index is -4.10. The zero-order valence-corrected chi connectivity index (χ0v) is 30.6. The van der Waals surface area contributed by atoms with Gasteiger partial charge in [0.15, 0.2) is 22.2 Å². The molecule has 0 saturated heterocycles. The summed E-state index contributed by atoms with van der Waals surface area (Å²) in [6.45, 7) is 9.21. The molecule has 3 amide bonds. The van der Waals surface area contributed by atoms with Crippen molar-refractivity contribution >= 4 is 33.3 Å². The van der Waals surface area contributed by atoms with Gasteiger partial charge in [-0.1, -0.05) is 12.1 Å². The Hall–Kier alpha value is -4.54. The van der Waals surface area contributed by atoms with Crippen LogP contribution in [0, 0.1) is 19.8 Å². The normalized spacial score (nSPS) is 20.5. The van der Waals surface area contributed by atoms with Crippen LogP contribution in [0.15, 0.2) is 45.8 Å². The Kier molecular flexibility index (Phi) is 12.0. The monoisotopic (exact) mass is 729 g/mol. The fourth-order valence-electron chi connectivity index (χ4n) is 6.06. The van der Waals surface area contributed by atoms with Crippen LogP contribution in [0.4, 0.5) is 16.2 Å². The van der Waals surface area contributed by atoms with E-state index in [1.807, 2.05) is 13.8 Å². The zero-order chi connectivity index (χ0) is 36.9. The first-order valence-electron chi connectivity index (χ1n) is 17.0. The van der Waals surface area contributed by atoms with Crippen LogP contribution in [0.3, 0.4) is 0 Å². The molecule has 0 saturated carbocycles. The van der Waals surface area contributed by atoms with Gasteiger partial charge in [0.1, 0.15) is 11.4 Å². The fraction of sp³-hybridized carbons (Fsp3) is 0.514. The number of likely N-dealkylation sites (N-methyl/N-ethyl adjacent to an activating group) is 1. The van der Waals surface area contributed by atoms with E-state index in [0.29, 0.717) is 36.0 Å². The number of aliphatic hydroxyl groups excluding tert-OH is 1. The quantitative estimate of drug-likeness (QED) is 0.290. The molecule has 4 atom stereocenters. The topological polar surface area (TPSA) is 182 Å². The first-order chi connectivity index (χ1) is 24.3. The summed E-state index contributed by atoms with van der Waals surface area (Å²) in [6.07, 6.45) is 1.47. The maximum Gasteiger partial charge on any atom is 0.321 e. The van der Waals surface area contributed by atoms with Crippen molar-refractivity contribution in [2.45, 2.75) is 77.0 Å². The second kappa shape index (κ2) is 16.2. The van der Waals surface area contributed by atoms with Crippen LogP contribution in [0.25, 0.3) is 0 Å². The number of aryl methyl sites for hydroxylation is 2. The number of nitrogens with one attached hydrogen (secondary N) is 2. The third-order valence-corrected chi connectivity index (χ3v) is 10.6. The highest BCUT2D eigenvalue weighted by atomic mass is 32.2. The molecule has 0 aliphatic carbocycles. The number of sulfonamides is 1. The summed E-state index contributed by atoms with van der Waals surface area (Å²) < 4.78 is 57.7. The predicted octanol–water partition coefficient (Wildman–Crippen LogP) is 4.78. The molecule has 3 N–H and O–H groups in total. The first-order valence-corrected chi connectivity index (χ1v) is 18.5. The Balaban J connectivity index is 1.40. The van der Waals surface area contributed by atoms with Gasteiger partial charge in [-0.15, -0.1) is 0 Å². The van der Waals surface area contributed by atoms with Gasteiger partial charge in [-0.2, -0.15) is 0 Å². The Morgan fingerprint density at radius 3 is 2.53 bits per heavy atom. The molecule has 3 aromatic rings. The molecule has 0 fully saturated rings. The lowest BCUT2D eigenvalue weighted by atomic mass is 10.0. The third-order valence-electron chi connectivity index (χ3n) is 8.96. The van der Waals surface area contributed by atoms with Gasteiger partial charge in [0.05, 0.1) is 30.4 Å². The van der Waals surface area contributed by atoms with Crippen LogP contribution in [-0.4, -0.2) is 98.8 Å². The van der Waals surface area contributed by atoms with Crippen LogP contribution in [0.1, 0.15) is 61.8 Å². The summed E-state index contributed by atoms with van der Waals surface area (Å²) in [5, 5.41) is 16.9. The third kappa shape index (κ3) is 9.04. The SMILES string of the molecule is Cc1noc(C)c1S(=O)(=O)Nc1ccc2c(c1)C(=O)N([C@@H](C)CO)C[C@@H](C)[C@@H](CN(C)C(=O)Nc1ccc3c(c1)OCO3)OCCCC[C@H](C)O2. The Morgan fingerprint density at radius 1 is 1.08 bits per heavy atom. The summed E-state index contributed by atoms with van der Waals surface area (Å²) in [6, 6.07) is 8.74. The van der Waals surface area contributed by atoms with E-state index in [4.69, 9.17) is 23.5 Å². The fourth-order valence-corrected chi connectivity index (χ4v) is 7.44. The van der Waals surface area contributed by atoms with Crippen LogP contribution in [0.5, 0.6) is 17.2 Å². The summed E-state index contributed by atoms with van der Waals surface area (Å²) in [4.78, 5) is 30.7. The molecule has 2 aliphatic heterocycles. The lowest BCUT2D eigenvalue weighted by Gasteiger charge is -2.35. The highest BCUT2D eigenvalue weighted by molar-refractivity contribution is 7.92. The molecule has 3 heterocycles. The van der Waals surface area contributed by atoms with Gasteiger partial charge < -0.3 is 43.7 Å². The van der Waals surface area contributed by atoms with E-state index < -0.39 is 28.1 Å². The molecule has 15 nitrogen and oxygen atoms in total. The number of rotatable bonds is 8. The number of amides is 3. The molecule has 2 aliphatic rings. The molecule has 0 spiro atoms. The molecule has 0 bridgehead atoms. The van der Waals surface area contributed by atoms with Crippen LogP contribution >= 0.6 is 0 Å². The van der Waals surface area contributed by atoms with Crippen molar-refractivity contribution in [3.8, 4) is 17.2 Å². The molecule has 0 radical (unpaired) electrons. The van der Waals surface area contributed by atoms with E-state index in [2.05, 4.69) is 15.2 Å². The van der Waals surface area contributed by atoms with Gasteiger partial charge in [-0.05, 0) is 77.3 Å². The van der Waals surface area contributed by atoms with Gasteiger partial charge >= 0.3 is 6.03 Å². The Labute approximate surface area is 298 Å². The zero-order valence-electron chi connectivity index (χ0n) is 29.8. The van der Waals surface area contributed by atoms with Gasteiger partial charge in [0, 0.05) is 50.1 Å². The molecule has 1 aromatic heterocycles. The second-order valence-electron chi connectivity index (χ2n) is 13.1. The van der Waals surface area contributed by atoms with E-state index in [1.165, 1.54) is 35.8 Å². The number of fused-ring (bicyclic) bond motifs is 2. The highest BCUT2D eigenvalue weighted by Crippen LogP contribution is 2.34. The summed E-state index contributed by atoms with van der Waals surface area (Å²) in [5.41, 5.74) is 1.02. The lowest BCUT2D eigenvalue weighted by molar-refractivity contribution is -0.0115. The minimum Gasteiger partial charge on any atom is -0.490 e. The maximum atomic E-state index is 14.4. The van der Waals surface area contributed by atoms with Gasteiger partial charge in [0.2, 0.25) is 6.79 Å². The van der Waals surface area contributed by atoms with Crippen molar-refractivity contribution in [3.05, 3.63) is 53.4 Å². The molecule has 2 aromatic carbocycles. The maximum absolute atomic E-state index is 14.4. The molecular weight excluding hydrogens is 682 g/mol. The molecule has 16 heteroatoms. The number of aromatic nitrogens is 1. The molecule has 0 unspecified atom stereocenters. The Bertz CT molecular complexity index is 1800. The number of carbonyl (C=O) groups excluding carboxylic acids is 2. The van der Waals surface area contributed by atoms with Gasteiger partial charge in [-0.3, -0.25) is 9.52 Å². The smallest absolute Gasteiger partial charge is 0.321 e. The number of carbonyl (C=O) groups is 2. The van der Waals surface area contributed by atoms with Crippen LogP contribution in [0.2, 0.25) is 0 Å². The number of ether oxygens (including phenoxy) is 4. The first kappa shape index (κ1) is 37.7. The summed E-state index contributed by atoms with van der Waals surface area (Å²) in [7, 11) is -2.43. The average molecular weight is 730 g/mol. The number of hydrogen-bond acceptors (Lipinski definition) is 11. The minimum absolute atomic E-state index is 0.0799. The molecule has 51 heavy (non-hydrogen) atoms. The van der Waals surface area contributed by atoms with Crippen molar-refractivity contribution < 1.29 is 46.6 Å². The molecule has 5 rings (SSSR count). The van der Waals surface area contributed by atoms with Crippen molar-refractivity contribution in [1.82, 2.24) is 15.0 Å². The second-order valence-corrected chi connectivity index (χ2v) is 14.8. The van der Waals surface area contributed by atoms with E-state index in [1.54, 1.807) is 38.2 Å². The van der Waals surface area contributed by atoms with Gasteiger partial charge in [-0.25, -0.2) is 13.2 Å². The molecular formula is C35H47N5O10S. The predicted molar refractivity (Wildman–Crippen MR) is 188 cm³/mol. The standard InChI is InChI=1S/C35H47N5O10S/c1-21-17-40(22(2)19-41)34(42)28-15-27(38-51(44,45)33-24(4)37-50-25(33)5)11-12-29(28)49-23(3)9-7-8-14-46-32(21)18-39(6)35(43)36-26-10-13-30-31(16-26)48-20-47-30/h10-13,15-16,21-23,32,38,41H,7-9,14,17-20H2,1-6H3,(H,36,43)/t21-,22+,23+,32-/m1/s1. The lowest BCUT2D eigenvalue weighted by Crippen LogP contribution is -2.48. The number of hydrogen-bond donors (Lipinski definition) is 3. The van der Waals surface area contributed by atoms with Crippen LogP contribution in [-0.2, 0) is 14.8 Å². The van der Waals surface area contributed by atoms with Crippen molar-refractivity contribution in [2.75, 3.05) is 50.2 Å². The highest BCUT2D eigenvalue weighted by Gasteiger charge is 2.32. The Morgan fingerprint density at radius 2 is 1.80 bits per heavy atom.